The van der Waals surface area contributed by atoms with Crippen molar-refractivity contribution in [2.24, 2.45) is 0 Å². The van der Waals surface area contributed by atoms with Crippen LogP contribution in [-0.2, 0) is 10.3 Å². The third-order valence-electron chi connectivity index (χ3n) is 3.14. The standard InChI is InChI=1S/C15H12ClF2NO2/c1-15(14(20)21,9-5-6-13(18)12(16)7-9)19-11-4-2-3-10(17)8-11/h2-8,19H,1H3,(H,20,21). The number of aliphatic carboxylic acids is 1. The summed E-state index contributed by atoms with van der Waals surface area (Å²) in [7, 11) is 0. The second-order valence-electron chi connectivity index (χ2n) is 4.69. The van der Waals surface area contributed by atoms with Crippen molar-refractivity contribution in [2.75, 3.05) is 5.32 Å². The Hall–Kier alpha value is -2.14. The van der Waals surface area contributed by atoms with Crippen LogP contribution in [0.4, 0.5) is 14.5 Å². The Kier molecular flexibility index (Phi) is 4.14. The number of carbonyl (C=O) groups is 1. The van der Waals surface area contributed by atoms with E-state index in [0.29, 0.717) is 5.69 Å². The van der Waals surface area contributed by atoms with Crippen molar-refractivity contribution in [1.29, 1.82) is 0 Å². The lowest BCUT2D eigenvalue weighted by molar-refractivity contribution is -0.142. The molecular formula is C15H12ClF2NO2. The lowest BCUT2D eigenvalue weighted by Crippen LogP contribution is -2.40. The van der Waals surface area contributed by atoms with Gasteiger partial charge in [-0.1, -0.05) is 23.7 Å². The molecule has 21 heavy (non-hydrogen) atoms. The smallest absolute Gasteiger partial charge is 0.333 e. The summed E-state index contributed by atoms with van der Waals surface area (Å²) in [6.07, 6.45) is 0. The van der Waals surface area contributed by atoms with Crippen LogP contribution >= 0.6 is 11.6 Å². The van der Waals surface area contributed by atoms with E-state index < -0.39 is 23.1 Å². The van der Waals surface area contributed by atoms with Crippen molar-refractivity contribution >= 4 is 23.3 Å². The molecule has 0 amide bonds. The van der Waals surface area contributed by atoms with Gasteiger partial charge in [0, 0.05) is 5.69 Å². The molecule has 0 aromatic heterocycles. The zero-order valence-corrected chi connectivity index (χ0v) is 11.8. The Balaban J connectivity index is 2.45. The lowest BCUT2D eigenvalue weighted by Gasteiger charge is -2.28. The number of hydrogen-bond acceptors (Lipinski definition) is 2. The molecule has 1 unspecified atom stereocenters. The molecule has 2 N–H and O–H groups in total. The van der Waals surface area contributed by atoms with Crippen molar-refractivity contribution in [2.45, 2.75) is 12.5 Å². The van der Waals surface area contributed by atoms with E-state index in [4.69, 9.17) is 11.6 Å². The second-order valence-corrected chi connectivity index (χ2v) is 5.10. The first-order chi connectivity index (χ1) is 9.83. The van der Waals surface area contributed by atoms with Gasteiger partial charge in [-0.3, -0.25) is 0 Å². The van der Waals surface area contributed by atoms with E-state index in [1.807, 2.05) is 0 Å². The molecule has 0 aliphatic carbocycles. The number of anilines is 1. The topological polar surface area (TPSA) is 49.3 Å². The third kappa shape index (κ3) is 3.13. The number of hydrogen-bond donors (Lipinski definition) is 2. The van der Waals surface area contributed by atoms with Crippen LogP contribution in [0.5, 0.6) is 0 Å². The van der Waals surface area contributed by atoms with E-state index in [-0.39, 0.29) is 10.6 Å². The van der Waals surface area contributed by atoms with Crippen molar-refractivity contribution < 1.29 is 18.7 Å². The molecule has 0 saturated heterocycles. The van der Waals surface area contributed by atoms with Crippen molar-refractivity contribution in [3.63, 3.8) is 0 Å². The van der Waals surface area contributed by atoms with Gasteiger partial charge in [0.2, 0.25) is 0 Å². The van der Waals surface area contributed by atoms with Crippen LogP contribution in [0.3, 0.4) is 0 Å². The summed E-state index contributed by atoms with van der Waals surface area (Å²) < 4.78 is 26.4. The van der Waals surface area contributed by atoms with Gasteiger partial charge in [-0.15, -0.1) is 0 Å². The molecule has 2 aromatic rings. The van der Waals surface area contributed by atoms with Gasteiger partial charge < -0.3 is 10.4 Å². The predicted molar refractivity (Wildman–Crippen MR) is 76.4 cm³/mol. The van der Waals surface area contributed by atoms with Crippen LogP contribution in [0, 0.1) is 11.6 Å². The van der Waals surface area contributed by atoms with Gasteiger partial charge in [0.1, 0.15) is 11.6 Å². The summed E-state index contributed by atoms with van der Waals surface area (Å²) in [4.78, 5) is 11.6. The van der Waals surface area contributed by atoms with Crippen LogP contribution < -0.4 is 5.32 Å². The molecule has 2 aromatic carbocycles. The fourth-order valence-electron chi connectivity index (χ4n) is 1.91. The summed E-state index contributed by atoms with van der Waals surface area (Å²) in [6.45, 7) is 1.39. The zero-order chi connectivity index (χ0) is 15.6. The zero-order valence-electron chi connectivity index (χ0n) is 11.0. The van der Waals surface area contributed by atoms with Crippen molar-refractivity contribution in [3.05, 3.63) is 64.7 Å². The molecule has 6 heteroatoms. The van der Waals surface area contributed by atoms with Gasteiger partial charge >= 0.3 is 5.97 Å². The molecule has 0 saturated carbocycles. The van der Waals surface area contributed by atoms with E-state index in [0.717, 1.165) is 6.07 Å². The van der Waals surface area contributed by atoms with E-state index in [1.165, 1.54) is 43.3 Å². The maximum absolute atomic E-state index is 13.2. The van der Waals surface area contributed by atoms with Crippen LogP contribution in [-0.4, -0.2) is 11.1 Å². The summed E-state index contributed by atoms with van der Waals surface area (Å²) in [5.74, 6) is -2.33. The molecule has 0 spiro atoms. The normalized spacial score (nSPS) is 13.5. The van der Waals surface area contributed by atoms with E-state index in [9.17, 15) is 18.7 Å². The highest BCUT2D eigenvalue weighted by Crippen LogP contribution is 2.29. The van der Waals surface area contributed by atoms with Crippen LogP contribution in [0.25, 0.3) is 0 Å². The number of halogens is 3. The molecule has 0 fully saturated rings. The largest absolute Gasteiger partial charge is 0.479 e. The summed E-state index contributed by atoms with van der Waals surface area (Å²) in [5.41, 5.74) is -1.03. The fraction of sp³-hybridized carbons (Fsp3) is 0.133. The third-order valence-corrected chi connectivity index (χ3v) is 3.43. The Bertz CT molecular complexity index is 693. The number of nitrogens with one attached hydrogen (secondary N) is 1. The highest BCUT2D eigenvalue weighted by atomic mass is 35.5. The first-order valence-corrected chi connectivity index (χ1v) is 6.43. The van der Waals surface area contributed by atoms with Gasteiger partial charge in [-0.2, -0.15) is 0 Å². The van der Waals surface area contributed by atoms with Gasteiger partial charge in [0.15, 0.2) is 5.54 Å². The summed E-state index contributed by atoms with van der Waals surface area (Å²) in [6, 6.07) is 9.06. The maximum Gasteiger partial charge on any atom is 0.333 e. The number of carboxylic acid groups (broad SMARTS) is 1. The second kappa shape index (κ2) is 5.69. The first kappa shape index (κ1) is 15.3. The number of benzene rings is 2. The van der Waals surface area contributed by atoms with Gasteiger partial charge in [-0.25, -0.2) is 13.6 Å². The van der Waals surface area contributed by atoms with Crippen LogP contribution in [0.15, 0.2) is 42.5 Å². The molecule has 0 aliphatic heterocycles. The minimum atomic E-state index is -1.58. The average Bonchev–Trinajstić information content (AvgIpc) is 2.41. The van der Waals surface area contributed by atoms with E-state index in [2.05, 4.69) is 5.32 Å². The Morgan fingerprint density at radius 1 is 1.24 bits per heavy atom. The van der Waals surface area contributed by atoms with E-state index in [1.54, 1.807) is 0 Å². The molecule has 0 heterocycles. The highest BCUT2D eigenvalue weighted by molar-refractivity contribution is 6.30. The highest BCUT2D eigenvalue weighted by Gasteiger charge is 2.35. The molecule has 0 radical (unpaired) electrons. The predicted octanol–water partition coefficient (Wildman–Crippen LogP) is 4.03. The minimum Gasteiger partial charge on any atom is -0.479 e. The number of rotatable bonds is 4. The molecule has 110 valence electrons. The quantitative estimate of drug-likeness (QED) is 0.896. The molecule has 0 aliphatic rings. The van der Waals surface area contributed by atoms with Crippen molar-refractivity contribution in [1.82, 2.24) is 0 Å². The monoisotopic (exact) mass is 311 g/mol. The molecule has 2 rings (SSSR count). The summed E-state index contributed by atoms with van der Waals surface area (Å²) >= 11 is 5.70. The first-order valence-electron chi connectivity index (χ1n) is 6.05. The van der Waals surface area contributed by atoms with E-state index >= 15 is 0 Å². The maximum atomic E-state index is 13.2. The molecular weight excluding hydrogens is 300 g/mol. The van der Waals surface area contributed by atoms with Gasteiger partial charge in [-0.05, 0) is 42.8 Å². The molecule has 1 atom stereocenters. The Labute approximate surface area is 125 Å². The minimum absolute atomic E-state index is 0.180. The SMILES string of the molecule is CC(Nc1cccc(F)c1)(C(=O)O)c1ccc(F)c(Cl)c1. The summed E-state index contributed by atoms with van der Waals surface area (Å²) in [5, 5.41) is 12.0. The van der Waals surface area contributed by atoms with Gasteiger partial charge in [0.25, 0.3) is 0 Å². The average molecular weight is 312 g/mol. The van der Waals surface area contributed by atoms with Crippen LogP contribution in [0.2, 0.25) is 5.02 Å². The Morgan fingerprint density at radius 3 is 2.52 bits per heavy atom. The lowest BCUT2D eigenvalue weighted by atomic mass is 9.91. The number of carboxylic acids is 1. The Morgan fingerprint density at radius 2 is 1.95 bits per heavy atom. The fourth-order valence-corrected chi connectivity index (χ4v) is 2.09. The molecule has 3 nitrogen and oxygen atoms in total. The molecule has 0 bridgehead atoms. The van der Waals surface area contributed by atoms with Crippen molar-refractivity contribution in [3.8, 4) is 0 Å². The van der Waals surface area contributed by atoms with Crippen LogP contribution in [0.1, 0.15) is 12.5 Å². The van der Waals surface area contributed by atoms with Gasteiger partial charge in [0.05, 0.1) is 5.02 Å².